The highest BCUT2D eigenvalue weighted by Crippen LogP contribution is 2.20. The molecule has 0 aliphatic heterocycles. The van der Waals surface area contributed by atoms with Crippen LogP contribution in [0.3, 0.4) is 0 Å². The van der Waals surface area contributed by atoms with Gasteiger partial charge in [-0.1, -0.05) is 23.7 Å². The molecule has 120 valence electrons. The Balaban J connectivity index is 2.25. The molecule has 1 N–H and O–H groups in total. The lowest BCUT2D eigenvalue weighted by Crippen LogP contribution is -2.32. The van der Waals surface area contributed by atoms with Gasteiger partial charge < -0.3 is 5.32 Å². The number of halogens is 1. The van der Waals surface area contributed by atoms with Crippen molar-refractivity contribution in [3.63, 3.8) is 0 Å². The highest BCUT2D eigenvalue weighted by molar-refractivity contribution is 6.30. The van der Waals surface area contributed by atoms with Gasteiger partial charge in [0.25, 0.3) is 11.5 Å². The first-order chi connectivity index (χ1) is 11.6. The Kier molecular flexibility index (Phi) is 4.39. The van der Waals surface area contributed by atoms with Crippen molar-refractivity contribution in [3.8, 4) is 16.9 Å². The molecule has 3 rings (SSSR count). The lowest BCUT2D eigenvalue weighted by atomic mass is 10.1. The van der Waals surface area contributed by atoms with Crippen molar-refractivity contribution >= 4 is 17.5 Å². The normalized spacial score (nSPS) is 10.4. The Hall–Kier alpha value is -2.99. The van der Waals surface area contributed by atoms with E-state index in [1.54, 1.807) is 42.6 Å². The van der Waals surface area contributed by atoms with Crippen molar-refractivity contribution in [2.24, 2.45) is 0 Å². The van der Waals surface area contributed by atoms with E-state index >= 15 is 0 Å². The molecule has 0 bridgehead atoms. The Morgan fingerprint density at radius 3 is 2.58 bits per heavy atom. The lowest BCUT2D eigenvalue weighted by Gasteiger charge is -2.10. The molecular formula is C17H13ClN4O2. The van der Waals surface area contributed by atoms with E-state index < -0.39 is 11.5 Å². The van der Waals surface area contributed by atoms with Crippen molar-refractivity contribution in [2.75, 3.05) is 7.05 Å². The van der Waals surface area contributed by atoms with E-state index in [1.807, 2.05) is 0 Å². The third-order valence-electron chi connectivity index (χ3n) is 3.41. The van der Waals surface area contributed by atoms with Crippen molar-refractivity contribution in [3.05, 3.63) is 75.8 Å². The number of benzene rings is 1. The largest absolute Gasteiger partial charge is 0.355 e. The molecule has 2 aromatic heterocycles. The number of pyridine rings is 1. The molecule has 3 aromatic rings. The number of nitrogens with zero attached hydrogens (tertiary/aromatic N) is 3. The maximum atomic E-state index is 12.6. The third kappa shape index (κ3) is 3.04. The van der Waals surface area contributed by atoms with Crippen LogP contribution in [0.25, 0.3) is 16.9 Å². The number of amides is 1. The molecule has 0 saturated heterocycles. The first-order valence-corrected chi connectivity index (χ1v) is 7.51. The van der Waals surface area contributed by atoms with Crippen LogP contribution in [0.2, 0.25) is 5.02 Å². The summed E-state index contributed by atoms with van der Waals surface area (Å²) in [5.74, 6) is -0.477. The van der Waals surface area contributed by atoms with Crippen molar-refractivity contribution in [1.29, 1.82) is 0 Å². The molecule has 24 heavy (non-hydrogen) atoms. The summed E-state index contributed by atoms with van der Waals surface area (Å²) in [6.07, 6.45) is 3.10. The molecule has 0 aliphatic carbocycles. The average molecular weight is 341 g/mol. The molecule has 6 nitrogen and oxygen atoms in total. The second kappa shape index (κ2) is 6.64. The predicted octanol–water partition coefficient (Wildman–Crippen LogP) is 2.31. The number of hydrogen-bond donors (Lipinski definition) is 1. The zero-order chi connectivity index (χ0) is 17.1. The van der Waals surface area contributed by atoms with Gasteiger partial charge in [0.1, 0.15) is 5.56 Å². The van der Waals surface area contributed by atoms with Crippen LogP contribution >= 0.6 is 11.6 Å². The molecule has 0 aliphatic rings. The number of nitrogens with one attached hydrogen (secondary N) is 1. The van der Waals surface area contributed by atoms with E-state index in [0.29, 0.717) is 16.4 Å². The summed E-state index contributed by atoms with van der Waals surface area (Å²) in [7, 11) is 1.47. The predicted molar refractivity (Wildman–Crippen MR) is 91.5 cm³/mol. The van der Waals surface area contributed by atoms with E-state index in [2.05, 4.69) is 15.4 Å². The highest BCUT2D eigenvalue weighted by atomic mass is 35.5. The van der Waals surface area contributed by atoms with E-state index in [1.165, 1.54) is 24.0 Å². The van der Waals surface area contributed by atoms with Gasteiger partial charge in [0.05, 0.1) is 17.6 Å². The van der Waals surface area contributed by atoms with Gasteiger partial charge in [-0.15, -0.1) is 0 Å². The Morgan fingerprint density at radius 1 is 1.21 bits per heavy atom. The van der Waals surface area contributed by atoms with Gasteiger partial charge in [0, 0.05) is 23.8 Å². The average Bonchev–Trinajstić information content (AvgIpc) is 2.63. The van der Waals surface area contributed by atoms with E-state index in [0.717, 1.165) is 5.56 Å². The van der Waals surface area contributed by atoms with E-state index in [-0.39, 0.29) is 5.56 Å². The molecule has 0 atom stereocenters. The standard InChI is InChI=1S/C17H13ClN4O2/c1-19-16(23)14-9-15(11-4-6-12(18)7-5-11)21-22(17(14)24)13-3-2-8-20-10-13/h2-10H,1H3,(H,19,23). The van der Waals surface area contributed by atoms with Gasteiger partial charge >= 0.3 is 0 Å². The van der Waals surface area contributed by atoms with Crippen LogP contribution < -0.4 is 10.9 Å². The van der Waals surface area contributed by atoms with E-state index in [4.69, 9.17) is 11.6 Å². The molecule has 0 spiro atoms. The summed E-state index contributed by atoms with van der Waals surface area (Å²) in [6, 6.07) is 11.8. The molecule has 0 fully saturated rings. The van der Waals surface area contributed by atoms with Crippen LogP contribution in [0.4, 0.5) is 0 Å². The molecule has 7 heteroatoms. The molecule has 2 heterocycles. The van der Waals surface area contributed by atoms with Crippen LogP contribution in [-0.4, -0.2) is 27.7 Å². The smallest absolute Gasteiger partial charge is 0.284 e. The summed E-state index contributed by atoms with van der Waals surface area (Å²) >= 11 is 5.91. The SMILES string of the molecule is CNC(=O)c1cc(-c2ccc(Cl)cc2)nn(-c2cccnc2)c1=O. The quantitative estimate of drug-likeness (QED) is 0.793. The fourth-order valence-corrected chi connectivity index (χ4v) is 2.33. The summed E-state index contributed by atoms with van der Waals surface area (Å²) in [6.45, 7) is 0. The first-order valence-electron chi connectivity index (χ1n) is 7.13. The topological polar surface area (TPSA) is 76.9 Å². The van der Waals surface area contributed by atoms with Crippen LogP contribution in [0.5, 0.6) is 0 Å². The number of hydrogen-bond acceptors (Lipinski definition) is 4. The zero-order valence-electron chi connectivity index (χ0n) is 12.7. The van der Waals surface area contributed by atoms with Crippen LogP contribution in [0.1, 0.15) is 10.4 Å². The summed E-state index contributed by atoms with van der Waals surface area (Å²) in [4.78, 5) is 28.7. The van der Waals surface area contributed by atoms with Crippen LogP contribution in [0, 0.1) is 0 Å². The van der Waals surface area contributed by atoms with Crippen molar-refractivity contribution in [1.82, 2.24) is 20.1 Å². The number of aromatic nitrogens is 3. The van der Waals surface area contributed by atoms with Crippen LogP contribution in [0.15, 0.2) is 59.7 Å². The van der Waals surface area contributed by atoms with E-state index in [9.17, 15) is 9.59 Å². The number of rotatable bonds is 3. The Bertz CT molecular complexity index is 937. The number of carbonyl (C=O) groups excluding carboxylic acids is 1. The zero-order valence-corrected chi connectivity index (χ0v) is 13.5. The minimum Gasteiger partial charge on any atom is -0.355 e. The minimum atomic E-state index is -0.514. The number of carbonyl (C=O) groups is 1. The van der Waals surface area contributed by atoms with Gasteiger partial charge in [-0.3, -0.25) is 14.6 Å². The lowest BCUT2D eigenvalue weighted by molar-refractivity contribution is 0.0961. The van der Waals surface area contributed by atoms with Crippen molar-refractivity contribution < 1.29 is 4.79 Å². The van der Waals surface area contributed by atoms with Crippen LogP contribution in [-0.2, 0) is 0 Å². The monoisotopic (exact) mass is 340 g/mol. The third-order valence-corrected chi connectivity index (χ3v) is 3.67. The summed E-state index contributed by atoms with van der Waals surface area (Å²) < 4.78 is 1.17. The Morgan fingerprint density at radius 2 is 1.96 bits per heavy atom. The Labute approximate surface area is 142 Å². The van der Waals surface area contributed by atoms with Gasteiger partial charge in [-0.05, 0) is 30.3 Å². The molecular weight excluding hydrogens is 328 g/mol. The van der Waals surface area contributed by atoms with Gasteiger partial charge in [0.2, 0.25) is 0 Å². The van der Waals surface area contributed by atoms with Gasteiger partial charge in [0.15, 0.2) is 0 Å². The maximum absolute atomic E-state index is 12.6. The fourth-order valence-electron chi connectivity index (χ4n) is 2.21. The fraction of sp³-hybridized carbons (Fsp3) is 0.0588. The molecule has 1 amide bonds. The van der Waals surface area contributed by atoms with Gasteiger partial charge in [-0.2, -0.15) is 9.78 Å². The molecule has 0 radical (unpaired) electrons. The van der Waals surface area contributed by atoms with Crippen molar-refractivity contribution in [2.45, 2.75) is 0 Å². The first kappa shape index (κ1) is 15.9. The second-order valence-electron chi connectivity index (χ2n) is 4.96. The highest BCUT2D eigenvalue weighted by Gasteiger charge is 2.16. The molecule has 0 unspecified atom stereocenters. The minimum absolute atomic E-state index is 0.00121. The molecule has 0 saturated carbocycles. The van der Waals surface area contributed by atoms with Gasteiger partial charge in [-0.25, -0.2) is 0 Å². The summed E-state index contributed by atoms with van der Waals surface area (Å²) in [5.41, 5.74) is 1.18. The molecule has 1 aromatic carbocycles. The summed E-state index contributed by atoms with van der Waals surface area (Å²) in [5, 5.41) is 7.42. The second-order valence-corrected chi connectivity index (χ2v) is 5.39. The maximum Gasteiger partial charge on any atom is 0.284 e.